The second kappa shape index (κ2) is 7.45. The minimum Gasteiger partial charge on any atom is -0.506 e. The van der Waals surface area contributed by atoms with Crippen molar-refractivity contribution >= 4 is 32.6 Å². The number of benzene rings is 1. The van der Waals surface area contributed by atoms with Crippen LogP contribution in [0.15, 0.2) is 56.7 Å². The second-order valence-electron chi connectivity index (χ2n) is 7.05. The third-order valence-corrected chi connectivity index (χ3v) is 6.47. The molecule has 0 saturated carbocycles. The first kappa shape index (κ1) is 19.7. The van der Waals surface area contributed by atoms with Crippen molar-refractivity contribution in [2.24, 2.45) is 4.40 Å². The van der Waals surface area contributed by atoms with Gasteiger partial charge in [0.25, 0.3) is 15.6 Å². The van der Waals surface area contributed by atoms with Crippen LogP contribution >= 0.6 is 0 Å². The molecule has 0 unspecified atom stereocenters. The van der Waals surface area contributed by atoms with Gasteiger partial charge in [0.2, 0.25) is 0 Å². The van der Waals surface area contributed by atoms with Crippen LogP contribution in [-0.2, 0) is 26.0 Å². The average molecular weight is 442 g/mol. The summed E-state index contributed by atoms with van der Waals surface area (Å²) in [5, 5.41) is 14.1. The fourth-order valence-corrected chi connectivity index (χ4v) is 4.84. The van der Waals surface area contributed by atoms with E-state index >= 15 is 0 Å². The van der Waals surface area contributed by atoms with Gasteiger partial charge in [-0.3, -0.25) is 9.36 Å². The third kappa shape index (κ3) is 3.36. The number of aromatic hydroxyl groups is 1. The maximum absolute atomic E-state index is 13.4. The van der Waals surface area contributed by atoms with Gasteiger partial charge in [0, 0.05) is 19.2 Å². The van der Waals surface area contributed by atoms with E-state index in [1.807, 2.05) is 0 Å². The normalized spacial score (nSPS) is 17.9. The summed E-state index contributed by atoms with van der Waals surface area (Å²) in [5.41, 5.74) is -0.322. The number of pyridine rings is 2. The number of sulfonamides is 1. The van der Waals surface area contributed by atoms with Gasteiger partial charge < -0.3 is 19.9 Å². The van der Waals surface area contributed by atoms with Crippen LogP contribution in [0.3, 0.4) is 0 Å². The molecule has 0 amide bonds. The fraction of sp³-hybridized carbons (Fsp3) is 0.250. The van der Waals surface area contributed by atoms with Gasteiger partial charge in [-0.25, -0.2) is 4.98 Å². The number of ether oxygens (including phenoxy) is 2. The number of hydrogen-bond acceptors (Lipinski definition) is 8. The number of aromatic nitrogens is 2. The summed E-state index contributed by atoms with van der Waals surface area (Å²) in [6.07, 6.45) is 1.45. The summed E-state index contributed by atoms with van der Waals surface area (Å²) in [4.78, 5) is 17.6. The number of nitrogens with zero attached hydrogens (tertiary/aromatic N) is 3. The number of aryl methyl sites for hydroxylation is 1. The van der Waals surface area contributed by atoms with E-state index in [0.29, 0.717) is 25.0 Å². The Balaban J connectivity index is 1.67. The summed E-state index contributed by atoms with van der Waals surface area (Å²) < 4.78 is 41.3. The lowest BCUT2D eigenvalue weighted by Gasteiger charge is -2.20. The zero-order chi connectivity index (χ0) is 21.6. The molecule has 0 atom stereocenters. The molecule has 160 valence electrons. The van der Waals surface area contributed by atoms with Crippen LogP contribution < -0.4 is 10.9 Å². The van der Waals surface area contributed by atoms with Crippen LogP contribution in [0, 0.1) is 0 Å². The Morgan fingerprint density at radius 2 is 1.94 bits per heavy atom. The highest BCUT2D eigenvalue weighted by molar-refractivity contribution is 7.90. The first-order chi connectivity index (χ1) is 15.0. The van der Waals surface area contributed by atoms with E-state index in [4.69, 9.17) is 9.47 Å². The molecule has 0 aliphatic carbocycles. The van der Waals surface area contributed by atoms with Crippen LogP contribution in [0.4, 0.5) is 5.69 Å². The molecule has 1 aromatic carbocycles. The van der Waals surface area contributed by atoms with Gasteiger partial charge in [0.15, 0.2) is 12.1 Å². The molecule has 0 radical (unpaired) electrons. The van der Waals surface area contributed by atoms with Gasteiger partial charge in [-0.1, -0.05) is 12.1 Å². The molecular formula is C20H18N4O6S. The number of nitrogens with one attached hydrogen (secondary N) is 1. The van der Waals surface area contributed by atoms with Gasteiger partial charge >= 0.3 is 0 Å². The number of rotatable bonds is 4. The monoisotopic (exact) mass is 442 g/mol. The molecule has 0 bridgehead atoms. The van der Waals surface area contributed by atoms with E-state index in [1.54, 1.807) is 30.3 Å². The van der Waals surface area contributed by atoms with E-state index < -0.39 is 27.6 Å². The summed E-state index contributed by atoms with van der Waals surface area (Å²) in [7, 11) is -4.05. The van der Waals surface area contributed by atoms with Crippen LogP contribution in [0.1, 0.15) is 12.0 Å². The van der Waals surface area contributed by atoms with E-state index in [-0.39, 0.29) is 34.2 Å². The number of fused-ring (bicyclic) bond motifs is 2. The van der Waals surface area contributed by atoms with Crippen molar-refractivity contribution in [3.05, 3.63) is 58.5 Å². The van der Waals surface area contributed by atoms with Crippen molar-refractivity contribution in [1.29, 1.82) is 0 Å². The lowest BCUT2D eigenvalue weighted by molar-refractivity contribution is -0.0490. The van der Waals surface area contributed by atoms with Crippen LogP contribution in [0.5, 0.6) is 5.75 Å². The molecule has 2 aromatic heterocycles. The average Bonchev–Trinajstić information content (AvgIpc) is 3.27. The van der Waals surface area contributed by atoms with Gasteiger partial charge in [-0.05, 0) is 24.3 Å². The van der Waals surface area contributed by atoms with Crippen LogP contribution in [0.25, 0.3) is 11.0 Å². The summed E-state index contributed by atoms with van der Waals surface area (Å²) in [5.74, 6) is -0.632. The Kier molecular flexibility index (Phi) is 4.73. The molecule has 1 saturated heterocycles. The topological polar surface area (TPSA) is 132 Å². The van der Waals surface area contributed by atoms with E-state index in [2.05, 4.69) is 14.7 Å². The Morgan fingerprint density at radius 1 is 1.16 bits per heavy atom. The summed E-state index contributed by atoms with van der Waals surface area (Å²) in [6, 6.07) is 9.44. The zero-order valence-corrected chi connectivity index (χ0v) is 17.0. The predicted octanol–water partition coefficient (Wildman–Crippen LogP) is 1.43. The molecule has 0 spiro atoms. The molecule has 5 rings (SSSR count). The van der Waals surface area contributed by atoms with Crippen molar-refractivity contribution < 1.29 is 23.0 Å². The maximum atomic E-state index is 13.4. The van der Waals surface area contributed by atoms with Crippen molar-refractivity contribution in [3.8, 4) is 5.75 Å². The predicted molar refractivity (Wildman–Crippen MR) is 112 cm³/mol. The lowest BCUT2D eigenvalue weighted by atomic mass is 10.1. The first-order valence-electron chi connectivity index (χ1n) is 9.61. The molecule has 3 aromatic rings. The highest BCUT2D eigenvalue weighted by atomic mass is 32.2. The van der Waals surface area contributed by atoms with Gasteiger partial charge in [-0.15, -0.1) is 4.40 Å². The Morgan fingerprint density at radius 3 is 2.74 bits per heavy atom. The minimum atomic E-state index is -4.05. The number of para-hydroxylation sites is 1. The molecule has 31 heavy (non-hydrogen) atoms. The van der Waals surface area contributed by atoms with Crippen LogP contribution in [-0.4, -0.2) is 48.4 Å². The first-order valence-corrected chi connectivity index (χ1v) is 11.0. The van der Waals surface area contributed by atoms with Crippen molar-refractivity contribution in [2.75, 3.05) is 18.5 Å². The third-order valence-electron chi connectivity index (χ3n) is 5.14. The molecule has 11 heteroatoms. The highest BCUT2D eigenvalue weighted by Crippen LogP contribution is 2.31. The Bertz CT molecular complexity index is 1380. The standard InChI is InChI=1S/C20H18N4O6S/c25-17-12-4-3-8-21-19(12)24(9-7-15-29-10-11-30-15)20(26)16(17)18-22-13-5-1-2-6-14(13)31(27,28)23-18/h1-6,8,15,25H,7,9-11H2,(H,22,23). The van der Waals surface area contributed by atoms with E-state index in [0.717, 1.165) is 0 Å². The SMILES string of the molecule is O=c1c(C2=NS(=O)(=O)c3ccccc3N2)c(O)c2cccnc2n1CCC1OCCO1. The molecular weight excluding hydrogens is 424 g/mol. The second-order valence-corrected chi connectivity index (χ2v) is 8.62. The Labute approximate surface area is 176 Å². The van der Waals surface area contributed by atoms with Crippen molar-refractivity contribution in [1.82, 2.24) is 9.55 Å². The summed E-state index contributed by atoms with van der Waals surface area (Å²) >= 11 is 0. The Hall–Kier alpha value is -3.28. The van der Waals surface area contributed by atoms with Gasteiger partial charge in [0.1, 0.15) is 21.9 Å². The zero-order valence-electron chi connectivity index (χ0n) is 16.2. The highest BCUT2D eigenvalue weighted by Gasteiger charge is 2.30. The molecule has 10 nitrogen and oxygen atoms in total. The largest absolute Gasteiger partial charge is 0.506 e. The molecule has 2 N–H and O–H groups in total. The van der Waals surface area contributed by atoms with E-state index in [1.165, 1.54) is 16.8 Å². The van der Waals surface area contributed by atoms with Gasteiger partial charge in [-0.2, -0.15) is 8.42 Å². The number of anilines is 1. The minimum absolute atomic E-state index is 0.00319. The van der Waals surface area contributed by atoms with E-state index in [9.17, 15) is 18.3 Å². The lowest BCUT2D eigenvalue weighted by Crippen LogP contribution is -2.33. The number of hydrogen-bond donors (Lipinski definition) is 2. The molecule has 2 aliphatic heterocycles. The van der Waals surface area contributed by atoms with Gasteiger partial charge in [0.05, 0.1) is 24.3 Å². The van der Waals surface area contributed by atoms with Crippen LogP contribution in [0.2, 0.25) is 0 Å². The van der Waals surface area contributed by atoms with Crippen molar-refractivity contribution in [3.63, 3.8) is 0 Å². The maximum Gasteiger partial charge on any atom is 0.286 e. The summed E-state index contributed by atoms with van der Waals surface area (Å²) in [6.45, 7) is 1.16. The molecule has 1 fully saturated rings. The molecule has 4 heterocycles. The van der Waals surface area contributed by atoms with Crippen molar-refractivity contribution in [2.45, 2.75) is 24.2 Å². The number of amidine groups is 1. The quantitative estimate of drug-likeness (QED) is 0.620. The fourth-order valence-electron chi connectivity index (χ4n) is 3.72. The smallest absolute Gasteiger partial charge is 0.286 e. The molecule has 2 aliphatic rings.